The van der Waals surface area contributed by atoms with Gasteiger partial charge in [-0.1, -0.05) is 6.92 Å². The third kappa shape index (κ3) is 2.30. The van der Waals surface area contributed by atoms with Gasteiger partial charge in [0.25, 0.3) is 0 Å². The van der Waals surface area contributed by atoms with Crippen LogP contribution in [0, 0.1) is 0 Å². The quantitative estimate of drug-likeness (QED) is 0.711. The van der Waals surface area contributed by atoms with Crippen LogP contribution in [0.15, 0.2) is 12.4 Å². The highest BCUT2D eigenvalue weighted by Crippen LogP contribution is 2.00. The van der Waals surface area contributed by atoms with E-state index in [2.05, 4.69) is 15.3 Å². The number of carbonyl (C=O) groups excluding carboxylic acids is 1. The summed E-state index contributed by atoms with van der Waals surface area (Å²) in [6.07, 6.45) is 4.07. The van der Waals surface area contributed by atoms with E-state index < -0.39 is 0 Å². The van der Waals surface area contributed by atoms with Gasteiger partial charge in [0.2, 0.25) is 5.91 Å². The second kappa shape index (κ2) is 3.80. The fraction of sp³-hybridized carbons (Fsp3) is 0.375. The molecule has 64 valence electrons. The summed E-state index contributed by atoms with van der Waals surface area (Å²) in [7, 11) is 0. The van der Waals surface area contributed by atoms with Gasteiger partial charge in [0.15, 0.2) is 5.82 Å². The molecular formula is C8H11N3O. The number of hydrogen-bond donors (Lipinski definition) is 1. The topological polar surface area (TPSA) is 54.9 Å². The van der Waals surface area contributed by atoms with Crippen LogP contribution in [0.3, 0.4) is 0 Å². The standard InChI is InChI=1S/C8H11N3O/c1-3-7-4-10-8(5-9-7)11-6(2)12/h4-5H,3H2,1-2H3,(H,10,11,12). The molecule has 0 atom stereocenters. The molecule has 4 heteroatoms. The minimum absolute atomic E-state index is 0.131. The first-order valence-electron chi connectivity index (χ1n) is 3.81. The first-order valence-corrected chi connectivity index (χ1v) is 3.81. The van der Waals surface area contributed by atoms with Gasteiger partial charge >= 0.3 is 0 Å². The predicted molar refractivity (Wildman–Crippen MR) is 45.7 cm³/mol. The molecule has 1 aromatic heterocycles. The van der Waals surface area contributed by atoms with Crippen molar-refractivity contribution in [3.05, 3.63) is 18.1 Å². The third-order valence-electron chi connectivity index (χ3n) is 1.37. The normalized spacial score (nSPS) is 9.50. The van der Waals surface area contributed by atoms with E-state index in [4.69, 9.17) is 0 Å². The van der Waals surface area contributed by atoms with Crippen LogP contribution in [0.25, 0.3) is 0 Å². The van der Waals surface area contributed by atoms with E-state index in [1.54, 1.807) is 12.4 Å². The summed E-state index contributed by atoms with van der Waals surface area (Å²) >= 11 is 0. The second-order valence-electron chi connectivity index (χ2n) is 2.43. The number of carbonyl (C=O) groups is 1. The highest BCUT2D eigenvalue weighted by molar-refractivity contribution is 5.87. The number of aryl methyl sites for hydroxylation is 1. The van der Waals surface area contributed by atoms with E-state index in [9.17, 15) is 4.79 Å². The maximum atomic E-state index is 10.6. The highest BCUT2D eigenvalue weighted by atomic mass is 16.1. The third-order valence-corrected chi connectivity index (χ3v) is 1.37. The van der Waals surface area contributed by atoms with Crippen molar-refractivity contribution in [2.45, 2.75) is 20.3 Å². The van der Waals surface area contributed by atoms with Gasteiger partial charge in [-0.05, 0) is 6.42 Å². The van der Waals surface area contributed by atoms with Crippen LogP contribution in [0.4, 0.5) is 5.82 Å². The highest BCUT2D eigenvalue weighted by Gasteiger charge is 1.96. The lowest BCUT2D eigenvalue weighted by atomic mass is 10.3. The Bertz CT molecular complexity index is 268. The largest absolute Gasteiger partial charge is 0.310 e. The Morgan fingerprint density at radius 2 is 2.25 bits per heavy atom. The van der Waals surface area contributed by atoms with E-state index in [0.29, 0.717) is 5.82 Å². The van der Waals surface area contributed by atoms with E-state index in [1.807, 2.05) is 6.92 Å². The number of aromatic nitrogens is 2. The van der Waals surface area contributed by atoms with E-state index in [0.717, 1.165) is 12.1 Å². The van der Waals surface area contributed by atoms with Crippen molar-refractivity contribution < 1.29 is 4.79 Å². The summed E-state index contributed by atoms with van der Waals surface area (Å²) in [5.41, 5.74) is 0.920. The molecule has 0 aliphatic rings. The molecule has 0 bridgehead atoms. The Hall–Kier alpha value is -1.45. The van der Waals surface area contributed by atoms with Gasteiger partial charge in [0, 0.05) is 6.92 Å². The van der Waals surface area contributed by atoms with Gasteiger partial charge in [-0.15, -0.1) is 0 Å². The molecule has 0 fully saturated rings. The second-order valence-corrected chi connectivity index (χ2v) is 2.43. The van der Waals surface area contributed by atoms with Crippen LogP contribution in [-0.2, 0) is 11.2 Å². The molecule has 0 unspecified atom stereocenters. The molecule has 0 saturated heterocycles. The SMILES string of the molecule is CCc1cnc(NC(C)=O)cn1. The summed E-state index contributed by atoms with van der Waals surface area (Å²) in [5.74, 6) is 0.369. The zero-order chi connectivity index (χ0) is 8.97. The number of anilines is 1. The molecule has 1 rings (SSSR count). The lowest BCUT2D eigenvalue weighted by molar-refractivity contribution is -0.114. The van der Waals surface area contributed by atoms with Gasteiger partial charge in [0.05, 0.1) is 18.1 Å². The summed E-state index contributed by atoms with van der Waals surface area (Å²) in [6.45, 7) is 3.44. The molecule has 4 nitrogen and oxygen atoms in total. The van der Waals surface area contributed by atoms with Gasteiger partial charge in [-0.25, -0.2) is 4.98 Å². The molecule has 0 radical (unpaired) electrons. The number of amides is 1. The summed E-state index contributed by atoms with van der Waals surface area (Å²) < 4.78 is 0. The molecule has 0 aromatic carbocycles. The zero-order valence-electron chi connectivity index (χ0n) is 7.16. The molecule has 0 saturated carbocycles. The van der Waals surface area contributed by atoms with Crippen molar-refractivity contribution in [2.24, 2.45) is 0 Å². The van der Waals surface area contributed by atoms with Gasteiger partial charge in [-0.2, -0.15) is 0 Å². The lowest BCUT2D eigenvalue weighted by Crippen LogP contribution is -2.07. The maximum absolute atomic E-state index is 10.6. The van der Waals surface area contributed by atoms with E-state index >= 15 is 0 Å². The van der Waals surface area contributed by atoms with Crippen LogP contribution >= 0.6 is 0 Å². The fourth-order valence-electron chi connectivity index (χ4n) is 0.782. The van der Waals surface area contributed by atoms with Crippen molar-refractivity contribution in [3.63, 3.8) is 0 Å². The molecule has 0 aliphatic heterocycles. The summed E-state index contributed by atoms with van der Waals surface area (Å²) in [6, 6.07) is 0. The van der Waals surface area contributed by atoms with Crippen molar-refractivity contribution in [3.8, 4) is 0 Å². The molecule has 12 heavy (non-hydrogen) atoms. The molecule has 1 heterocycles. The zero-order valence-corrected chi connectivity index (χ0v) is 7.16. The molecule has 0 spiro atoms. The van der Waals surface area contributed by atoms with Crippen LogP contribution in [-0.4, -0.2) is 15.9 Å². The first-order chi connectivity index (χ1) is 5.72. The molecular weight excluding hydrogens is 154 g/mol. The summed E-state index contributed by atoms with van der Waals surface area (Å²) in [4.78, 5) is 18.7. The summed E-state index contributed by atoms with van der Waals surface area (Å²) in [5, 5.41) is 2.54. The Kier molecular flexibility index (Phi) is 2.74. The van der Waals surface area contributed by atoms with E-state index in [-0.39, 0.29) is 5.91 Å². The van der Waals surface area contributed by atoms with Gasteiger partial charge < -0.3 is 5.32 Å². The van der Waals surface area contributed by atoms with Crippen LogP contribution < -0.4 is 5.32 Å². The van der Waals surface area contributed by atoms with Crippen molar-refractivity contribution in [1.29, 1.82) is 0 Å². The minimum Gasteiger partial charge on any atom is -0.310 e. The van der Waals surface area contributed by atoms with E-state index in [1.165, 1.54) is 6.92 Å². The maximum Gasteiger partial charge on any atom is 0.222 e. The first kappa shape index (κ1) is 8.64. The predicted octanol–water partition coefficient (Wildman–Crippen LogP) is 0.997. The minimum atomic E-state index is -0.131. The Morgan fingerprint density at radius 1 is 1.50 bits per heavy atom. The van der Waals surface area contributed by atoms with Crippen LogP contribution in [0.2, 0.25) is 0 Å². The van der Waals surface area contributed by atoms with Crippen LogP contribution in [0.1, 0.15) is 19.5 Å². The van der Waals surface area contributed by atoms with Crippen molar-refractivity contribution in [2.75, 3.05) is 5.32 Å². The Labute approximate surface area is 71.0 Å². The number of nitrogens with zero attached hydrogens (tertiary/aromatic N) is 2. The van der Waals surface area contributed by atoms with Gasteiger partial charge in [-0.3, -0.25) is 9.78 Å². The Morgan fingerprint density at radius 3 is 2.67 bits per heavy atom. The average molecular weight is 165 g/mol. The molecule has 1 N–H and O–H groups in total. The Balaban J connectivity index is 2.71. The molecule has 1 amide bonds. The van der Waals surface area contributed by atoms with Crippen LogP contribution in [0.5, 0.6) is 0 Å². The monoisotopic (exact) mass is 165 g/mol. The number of nitrogens with one attached hydrogen (secondary N) is 1. The smallest absolute Gasteiger partial charge is 0.222 e. The molecule has 0 aliphatic carbocycles. The van der Waals surface area contributed by atoms with Crippen molar-refractivity contribution >= 4 is 11.7 Å². The van der Waals surface area contributed by atoms with Crippen molar-refractivity contribution in [1.82, 2.24) is 9.97 Å². The van der Waals surface area contributed by atoms with Gasteiger partial charge in [0.1, 0.15) is 0 Å². The fourth-order valence-corrected chi connectivity index (χ4v) is 0.782. The average Bonchev–Trinajstić information content (AvgIpc) is 2.05. The molecule has 1 aromatic rings. The number of rotatable bonds is 2. The number of hydrogen-bond acceptors (Lipinski definition) is 3. The lowest BCUT2D eigenvalue weighted by Gasteiger charge is -1.99.